The Hall–Kier alpha value is -2.61. The number of carbonyl (C=O) groups is 1. The zero-order valence-corrected chi connectivity index (χ0v) is 21.2. The SMILES string of the molecule is CC(c1cc(C(F)(F)F)ccc1F)N1CCC2(CCc3ccc([C@H](C4CC4)[C@H](C)C(=O)O)cc3O2)CC1. The minimum atomic E-state index is -4.52. The van der Waals surface area contributed by atoms with Crippen LogP contribution in [0, 0.1) is 17.7 Å². The smallest absolute Gasteiger partial charge is 0.416 e. The van der Waals surface area contributed by atoms with Crippen LogP contribution in [0.25, 0.3) is 0 Å². The summed E-state index contributed by atoms with van der Waals surface area (Å²) < 4.78 is 60.7. The van der Waals surface area contributed by atoms with E-state index in [-0.39, 0.29) is 17.1 Å². The van der Waals surface area contributed by atoms with Crippen molar-refractivity contribution in [2.75, 3.05) is 13.1 Å². The van der Waals surface area contributed by atoms with Crippen molar-refractivity contribution in [1.82, 2.24) is 4.90 Å². The van der Waals surface area contributed by atoms with E-state index in [2.05, 4.69) is 12.1 Å². The minimum absolute atomic E-state index is 0.0330. The summed E-state index contributed by atoms with van der Waals surface area (Å²) in [6.45, 7) is 4.71. The van der Waals surface area contributed by atoms with Crippen LogP contribution >= 0.6 is 0 Å². The lowest BCUT2D eigenvalue weighted by molar-refractivity contribution is -0.142. The topological polar surface area (TPSA) is 49.8 Å². The Morgan fingerprint density at radius 3 is 2.41 bits per heavy atom. The molecular formula is C29H33F4NO3. The molecule has 37 heavy (non-hydrogen) atoms. The molecule has 2 fully saturated rings. The number of nitrogens with zero attached hydrogens (tertiary/aromatic N) is 1. The van der Waals surface area contributed by atoms with Crippen molar-refractivity contribution in [3.8, 4) is 5.75 Å². The highest BCUT2D eigenvalue weighted by atomic mass is 19.4. The van der Waals surface area contributed by atoms with E-state index in [9.17, 15) is 27.5 Å². The van der Waals surface area contributed by atoms with Crippen molar-refractivity contribution in [2.45, 2.75) is 76.1 Å². The van der Waals surface area contributed by atoms with Crippen molar-refractivity contribution in [2.24, 2.45) is 11.8 Å². The van der Waals surface area contributed by atoms with Gasteiger partial charge in [0, 0.05) is 24.7 Å². The molecule has 1 saturated heterocycles. The summed E-state index contributed by atoms with van der Waals surface area (Å²) in [7, 11) is 0. The summed E-state index contributed by atoms with van der Waals surface area (Å²) in [4.78, 5) is 13.8. The minimum Gasteiger partial charge on any atom is -0.487 e. The molecule has 2 heterocycles. The summed E-state index contributed by atoms with van der Waals surface area (Å²) in [6, 6.07) is 8.27. The number of halogens is 4. The summed E-state index contributed by atoms with van der Waals surface area (Å²) in [5, 5.41) is 9.64. The first kappa shape index (κ1) is 26.0. The molecule has 1 saturated carbocycles. The molecule has 2 aromatic rings. The number of ether oxygens (including phenoxy) is 1. The first-order valence-corrected chi connectivity index (χ1v) is 13.1. The van der Waals surface area contributed by atoms with Gasteiger partial charge in [-0.15, -0.1) is 0 Å². The lowest BCUT2D eigenvalue weighted by atomic mass is 9.80. The van der Waals surface area contributed by atoms with Gasteiger partial charge in [0.25, 0.3) is 0 Å². The first-order valence-electron chi connectivity index (χ1n) is 13.1. The van der Waals surface area contributed by atoms with Crippen LogP contribution in [-0.4, -0.2) is 34.7 Å². The van der Waals surface area contributed by atoms with Crippen LogP contribution in [0.15, 0.2) is 36.4 Å². The Morgan fingerprint density at radius 1 is 1.08 bits per heavy atom. The predicted molar refractivity (Wildman–Crippen MR) is 131 cm³/mol. The normalized spacial score (nSPS) is 22.1. The number of aliphatic carboxylic acids is 1. The third-order valence-electron chi connectivity index (χ3n) is 8.74. The van der Waals surface area contributed by atoms with Crippen LogP contribution in [0.1, 0.15) is 80.2 Å². The molecule has 1 unspecified atom stereocenters. The molecule has 2 aromatic carbocycles. The van der Waals surface area contributed by atoms with Gasteiger partial charge in [0.05, 0.1) is 11.5 Å². The second-order valence-corrected chi connectivity index (χ2v) is 11.1. The zero-order chi connectivity index (χ0) is 26.5. The van der Waals surface area contributed by atoms with Crippen molar-refractivity contribution in [1.29, 1.82) is 0 Å². The zero-order valence-electron chi connectivity index (χ0n) is 21.2. The fourth-order valence-electron chi connectivity index (χ4n) is 6.21. The van der Waals surface area contributed by atoms with Gasteiger partial charge in [0.2, 0.25) is 0 Å². The highest BCUT2D eigenvalue weighted by molar-refractivity contribution is 5.71. The van der Waals surface area contributed by atoms with Crippen LogP contribution < -0.4 is 4.74 Å². The van der Waals surface area contributed by atoms with E-state index in [1.54, 1.807) is 13.8 Å². The Morgan fingerprint density at radius 2 is 1.78 bits per heavy atom. The van der Waals surface area contributed by atoms with E-state index >= 15 is 0 Å². The van der Waals surface area contributed by atoms with E-state index < -0.39 is 35.5 Å². The lowest BCUT2D eigenvalue weighted by Gasteiger charge is -2.46. The number of aryl methyl sites for hydroxylation is 1. The highest BCUT2D eigenvalue weighted by Gasteiger charge is 2.43. The molecule has 1 aliphatic carbocycles. The van der Waals surface area contributed by atoms with E-state index in [0.29, 0.717) is 31.8 Å². The average molecular weight is 520 g/mol. The fraction of sp³-hybridized carbons (Fsp3) is 0.552. The Labute approximate surface area is 214 Å². The molecule has 2 aliphatic heterocycles. The molecule has 5 rings (SSSR count). The molecule has 0 radical (unpaired) electrons. The molecule has 4 nitrogen and oxygen atoms in total. The van der Waals surface area contributed by atoms with E-state index in [0.717, 1.165) is 60.8 Å². The monoisotopic (exact) mass is 519 g/mol. The van der Waals surface area contributed by atoms with Gasteiger partial charge in [-0.3, -0.25) is 9.69 Å². The van der Waals surface area contributed by atoms with E-state index in [1.807, 2.05) is 11.0 Å². The first-order chi connectivity index (χ1) is 17.5. The molecular weight excluding hydrogens is 486 g/mol. The number of hydrogen-bond acceptors (Lipinski definition) is 3. The van der Waals surface area contributed by atoms with Gasteiger partial charge in [-0.05, 0) is 92.7 Å². The molecule has 1 spiro atoms. The number of rotatable bonds is 6. The molecule has 0 aromatic heterocycles. The second-order valence-electron chi connectivity index (χ2n) is 11.1. The molecule has 0 bridgehead atoms. The summed E-state index contributed by atoms with van der Waals surface area (Å²) >= 11 is 0. The van der Waals surface area contributed by atoms with Gasteiger partial charge in [-0.25, -0.2) is 4.39 Å². The standard InChI is InChI=1S/C29H33F4NO3/c1-17(27(35)36)26(20-4-5-20)21-6-3-19-9-10-28(37-25(19)15-21)11-13-34(14-12-28)18(2)23-16-22(29(31,32)33)7-8-24(23)30/h3,6-8,15-18,20,26H,4-5,9-14H2,1-2H3,(H,35,36)/t17-,18?,26-/m0/s1. The third kappa shape index (κ3) is 5.22. The predicted octanol–water partition coefficient (Wildman–Crippen LogP) is 6.98. The number of alkyl halides is 3. The molecule has 200 valence electrons. The number of fused-ring (bicyclic) bond motifs is 1. The van der Waals surface area contributed by atoms with Crippen molar-refractivity contribution in [3.63, 3.8) is 0 Å². The number of carboxylic acids is 1. The number of hydrogen-bond donors (Lipinski definition) is 1. The maximum Gasteiger partial charge on any atom is 0.416 e. The fourth-order valence-corrected chi connectivity index (χ4v) is 6.21. The molecule has 3 aliphatic rings. The van der Waals surface area contributed by atoms with Crippen LogP contribution in [0.2, 0.25) is 0 Å². The quantitative estimate of drug-likeness (QED) is 0.419. The number of benzene rings is 2. The number of carboxylic acid groups (broad SMARTS) is 1. The lowest BCUT2D eigenvalue weighted by Crippen LogP contribution is -2.50. The number of likely N-dealkylation sites (tertiary alicyclic amines) is 1. The van der Waals surface area contributed by atoms with Gasteiger partial charge < -0.3 is 9.84 Å². The highest BCUT2D eigenvalue weighted by Crippen LogP contribution is 2.49. The molecule has 1 N–H and O–H groups in total. The van der Waals surface area contributed by atoms with Crippen molar-refractivity contribution in [3.05, 3.63) is 64.5 Å². The van der Waals surface area contributed by atoms with Crippen LogP contribution in [0.5, 0.6) is 5.75 Å². The summed E-state index contributed by atoms with van der Waals surface area (Å²) in [5.74, 6) is -0.707. The van der Waals surface area contributed by atoms with E-state index in [1.165, 1.54) is 0 Å². The average Bonchev–Trinajstić information content (AvgIpc) is 3.68. The number of piperidine rings is 1. The summed E-state index contributed by atoms with van der Waals surface area (Å²) in [5.41, 5.74) is 0.979. The van der Waals surface area contributed by atoms with Gasteiger partial charge in [0.1, 0.15) is 17.2 Å². The largest absolute Gasteiger partial charge is 0.487 e. The van der Waals surface area contributed by atoms with E-state index in [4.69, 9.17) is 4.74 Å². The summed E-state index contributed by atoms with van der Waals surface area (Å²) in [6.07, 6.45) is 0.664. The Kier molecular flexibility index (Phi) is 6.75. The molecule has 3 atom stereocenters. The van der Waals surface area contributed by atoms with Crippen LogP contribution in [0.4, 0.5) is 17.6 Å². The van der Waals surface area contributed by atoms with Gasteiger partial charge in [0.15, 0.2) is 0 Å². The maximum atomic E-state index is 14.5. The van der Waals surface area contributed by atoms with Gasteiger partial charge in [-0.2, -0.15) is 13.2 Å². The van der Waals surface area contributed by atoms with Gasteiger partial charge in [-0.1, -0.05) is 19.1 Å². The maximum absolute atomic E-state index is 14.5. The van der Waals surface area contributed by atoms with Gasteiger partial charge >= 0.3 is 12.1 Å². The van der Waals surface area contributed by atoms with Crippen LogP contribution in [-0.2, 0) is 17.4 Å². The van der Waals surface area contributed by atoms with Crippen LogP contribution in [0.3, 0.4) is 0 Å². The molecule has 0 amide bonds. The Bertz CT molecular complexity index is 1170. The van der Waals surface area contributed by atoms with Crippen molar-refractivity contribution < 1.29 is 32.2 Å². The molecule has 8 heteroatoms. The third-order valence-corrected chi connectivity index (χ3v) is 8.74. The van der Waals surface area contributed by atoms with Crippen molar-refractivity contribution >= 4 is 5.97 Å². The Balaban J connectivity index is 1.30. The second kappa shape index (κ2) is 9.61.